The molecule has 1 fully saturated rings. The van der Waals surface area contributed by atoms with Crippen LogP contribution in [-0.4, -0.2) is 156 Å². The van der Waals surface area contributed by atoms with Crippen molar-refractivity contribution in [1.29, 1.82) is 0 Å². The number of ether oxygens (including phenoxy) is 6. The first-order valence-corrected chi connectivity index (χ1v) is 27.5. The van der Waals surface area contributed by atoms with Crippen molar-refractivity contribution in [2.24, 2.45) is 11.7 Å². The first kappa shape index (κ1) is 62.2. The van der Waals surface area contributed by atoms with E-state index in [1.807, 2.05) is 31.2 Å². The quantitative estimate of drug-likeness (QED) is 0.0259. The molecule has 0 bridgehead atoms. The van der Waals surface area contributed by atoms with E-state index in [9.17, 15) is 48.3 Å². The van der Waals surface area contributed by atoms with Crippen LogP contribution in [0, 0.1) is 5.92 Å². The number of carbonyl (C=O) groups excluding carboxylic acids is 7. The molecule has 24 heteroatoms. The highest BCUT2D eigenvalue weighted by molar-refractivity contribution is 5.96. The maximum atomic E-state index is 14.4. The lowest BCUT2D eigenvalue weighted by Crippen LogP contribution is -2.57. The summed E-state index contributed by atoms with van der Waals surface area (Å²) in [4.78, 5) is 127. The van der Waals surface area contributed by atoms with E-state index in [4.69, 9.17) is 39.1 Å². The van der Waals surface area contributed by atoms with E-state index in [-0.39, 0.29) is 102 Å². The number of nitrogens with one attached hydrogen (secondary N) is 4. The third-order valence-electron chi connectivity index (χ3n) is 14.1. The third-order valence-corrected chi connectivity index (χ3v) is 14.1. The highest BCUT2D eigenvalue weighted by atomic mass is 16.6. The van der Waals surface area contributed by atoms with E-state index < -0.39 is 95.0 Å². The minimum atomic E-state index is -2.07. The minimum Gasteiger partial charge on any atom is -0.481 e. The summed E-state index contributed by atoms with van der Waals surface area (Å²) >= 11 is 0. The van der Waals surface area contributed by atoms with E-state index >= 15 is 0 Å². The predicted octanol–water partition coefficient (Wildman–Crippen LogP) is 2.86. The zero-order valence-corrected chi connectivity index (χ0v) is 46.9. The normalized spacial score (nSPS) is 17.6. The van der Waals surface area contributed by atoms with Gasteiger partial charge in [0.15, 0.2) is 0 Å². The average molecular weight is 1120 g/mol. The first-order chi connectivity index (χ1) is 38.1. The first-order valence-electron chi connectivity index (χ1n) is 27.5. The number of hydrogen-bond donors (Lipinski definition) is 6. The number of aryl methyl sites for hydroxylation is 1. The van der Waals surface area contributed by atoms with Crippen molar-refractivity contribution < 1.29 is 71.9 Å². The number of para-hydroxylation sites is 1. The Morgan fingerprint density at radius 2 is 1.61 bits per heavy atom. The van der Waals surface area contributed by atoms with Crippen LogP contribution in [-0.2, 0) is 87.2 Å². The molecule has 0 spiro atoms. The van der Waals surface area contributed by atoms with Gasteiger partial charge in [-0.15, -0.1) is 0 Å². The van der Waals surface area contributed by atoms with Gasteiger partial charge in [0, 0.05) is 36.0 Å². The van der Waals surface area contributed by atoms with Gasteiger partial charge in [0.2, 0.25) is 29.2 Å². The molecule has 7 N–H and O–H groups in total. The number of nitrogens with two attached hydrogens (primary N) is 1. The number of aromatic nitrogens is 2. The molecule has 3 aliphatic heterocycles. The number of amides is 5. The fourth-order valence-corrected chi connectivity index (χ4v) is 10.1. The third kappa shape index (κ3) is 15.5. The van der Waals surface area contributed by atoms with Gasteiger partial charge in [-0.25, -0.2) is 19.4 Å². The Labute approximate surface area is 464 Å². The topological polar surface area (TPSA) is 324 Å². The Bertz CT molecular complexity index is 2810. The summed E-state index contributed by atoms with van der Waals surface area (Å²) in [5, 5.41) is 21.3. The zero-order valence-electron chi connectivity index (χ0n) is 46.9. The number of likely N-dealkylation sites (tertiary alicyclic amines) is 1. The fraction of sp³-hybridized carbons (Fsp3) is 0.607. The summed E-state index contributed by atoms with van der Waals surface area (Å²) in [6, 6.07) is 4.55. The molecule has 6 rings (SSSR count). The van der Waals surface area contributed by atoms with Crippen LogP contribution in [0.4, 0.5) is 4.79 Å². The standard InChI is InChI=1S/C56H78N8O16/c1-8-34-35-15-10-11-16-39(35)60-47-36(34)31-64-43(47)29-38-37(50(64)70)32-78-53(73)56(38,9-2)79-52(72)46(33(3)4)62-49(69)42-18-14-22-63(42)51(71)41(30-45(66)67)59-44(65)19-23-75-25-27-77-28-26-76-24-21-58-48(68)40(17-12-13-20-57)61-54(74)80-55(5,6)7/h10-11,15-16,29,33,40-42,46H,8-9,12-14,17-28,30-32,57H2,1-7H3,(H,58,68)(H,59,65)(H,61,74)(H,62,69)(H,66,67)/t40-,41-,42-,46-,56-/m0/s1. The number of nitrogens with zero attached hydrogens (tertiary/aromatic N) is 3. The molecule has 0 radical (unpaired) electrons. The highest BCUT2D eigenvalue weighted by Crippen LogP contribution is 2.42. The van der Waals surface area contributed by atoms with Crippen LogP contribution in [0.5, 0.6) is 0 Å². The maximum absolute atomic E-state index is 14.4. The molecule has 438 valence electrons. The number of pyridine rings is 2. The number of cyclic esters (lactones) is 1. The Balaban J connectivity index is 0.975. The lowest BCUT2D eigenvalue weighted by Gasteiger charge is -2.37. The summed E-state index contributed by atoms with van der Waals surface area (Å²) in [7, 11) is 0. The summed E-state index contributed by atoms with van der Waals surface area (Å²) in [5.74, 6) is -6.44. The lowest BCUT2D eigenvalue weighted by molar-refractivity contribution is -0.191. The summed E-state index contributed by atoms with van der Waals surface area (Å²) in [6.45, 7) is 13.6. The average Bonchev–Trinajstić information content (AvgIpc) is 4.07. The molecule has 2 aromatic heterocycles. The second-order valence-corrected chi connectivity index (χ2v) is 21.3. The fourth-order valence-electron chi connectivity index (χ4n) is 10.1. The van der Waals surface area contributed by atoms with Crippen molar-refractivity contribution in [1.82, 2.24) is 35.7 Å². The number of alkyl carbamates (subject to hydrolysis) is 1. The van der Waals surface area contributed by atoms with E-state index in [1.54, 1.807) is 52.2 Å². The number of rotatable bonds is 29. The van der Waals surface area contributed by atoms with E-state index in [0.717, 1.165) is 22.0 Å². The van der Waals surface area contributed by atoms with Crippen molar-refractivity contribution in [3.8, 4) is 11.4 Å². The van der Waals surface area contributed by atoms with Crippen LogP contribution < -0.4 is 32.6 Å². The number of carboxylic acids is 1. The van der Waals surface area contributed by atoms with Crippen LogP contribution in [0.3, 0.4) is 0 Å². The maximum Gasteiger partial charge on any atom is 0.408 e. The van der Waals surface area contributed by atoms with Gasteiger partial charge in [0.1, 0.15) is 36.4 Å². The predicted molar refractivity (Wildman–Crippen MR) is 290 cm³/mol. The smallest absolute Gasteiger partial charge is 0.408 e. The number of carboxylic acid groups (broad SMARTS) is 1. The minimum absolute atomic E-state index is 0.0604. The number of carbonyl (C=O) groups is 8. The number of benzene rings is 1. The van der Waals surface area contributed by atoms with Gasteiger partial charge in [-0.2, -0.15) is 0 Å². The van der Waals surface area contributed by atoms with E-state index in [2.05, 4.69) is 21.3 Å². The second kappa shape index (κ2) is 28.4. The Kier molecular flexibility index (Phi) is 22.1. The summed E-state index contributed by atoms with van der Waals surface area (Å²) in [6.07, 6.45) is 1.12. The Morgan fingerprint density at radius 3 is 2.27 bits per heavy atom. The van der Waals surface area contributed by atoms with Gasteiger partial charge in [0.25, 0.3) is 5.56 Å². The van der Waals surface area contributed by atoms with Crippen LogP contribution >= 0.6 is 0 Å². The Hall–Kier alpha value is -7.02. The van der Waals surface area contributed by atoms with Gasteiger partial charge >= 0.3 is 24.0 Å². The van der Waals surface area contributed by atoms with Crippen molar-refractivity contribution in [2.75, 3.05) is 59.3 Å². The van der Waals surface area contributed by atoms with Crippen molar-refractivity contribution in [3.05, 3.63) is 62.9 Å². The molecule has 5 amide bonds. The number of unbranched alkanes of at least 4 members (excludes halogenated alkanes) is 1. The second-order valence-electron chi connectivity index (χ2n) is 21.3. The van der Waals surface area contributed by atoms with Gasteiger partial charge in [0.05, 0.1) is 75.1 Å². The highest BCUT2D eigenvalue weighted by Gasteiger charge is 2.52. The molecule has 3 aromatic rings. The van der Waals surface area contributed by atoms with Crippen molar-refractivity contribution in [3.63, 3.8) is 0 Å². The molecular formula is C56H78N8O16. The van der Waals surface area contributed by atoms with E-state index in [0.29, 0.717) is 50.0 Å². The van der Waals surface area contributed by atoms with Crippen LogP contribution in [0.2, 0.25) is 0 Å². The molecule has 80 heavy (non-hydrogen) atoms. The monoisotopic (exact) mass is 1120 g/mol. The number of esters is 2. The number of hydrogen-bond acceptors (Lipinski definition) is 17. The molecule has 0 saturated carbocycles. The zero-order chi connectivity index (χ0) is 58.3. The van der Waals surface area contributed by atoms with Gasteiger partial charge < -0.3 is 70.0 Å². The van der Waals surface area contributed by atoms with E-state index in [1.165, 1.54) is 4.90 Å². The molecule has 5 heterocycles. The van der Waals surface area contributed by atoms with Crippen molar-refractivity contribution >= 4 is 58.5 Å². The molecule has 0 aliphatic carbocycles. The molecule has 24 nitrogen and oxygen atoms in total. The summed E-state index contributed by atoms with van der Waals surface area (Å²) < 4.78 is 35.1. The largest absolute Gasteiger partial charge is 0.481 e. The van der Waals surface area contributed by atoms with Gasteiger partial charge in [-0.05, 0) is 95.9 Å². The molecule has 1 aromatic carbocycles. The molecule has 1 saturated heterocycles. The molecule has 5 atom stereocenters. The summed E-state index contributed by atoms with van der Waals surface area (Å²) in [5.41, 5.74) is 6.44. The number of aliphatic carboxylic acids is 1. The SMILES string of the molecule is CCc1c2c(nc3ccccc13)-c1cc3c(c(=O)n1C2)COC(=O)[C@@]3(CC)OC(=O)[C@@H](NC(=O)[C@@H]1CCCN1C(=O)[C@H](CC(=O)O)NC(=O)CCOCCOCCOCCNC(=O)[C@H](CCCCN)NC(=O)OC(C)(C)C)C(C)C. The van der Waals surface area contributed by atoms with Crippen LogP contribution in [0.1, 0.15) is 122 Å². The molecular weight excluding hydrogens is 1040 g/mol. The van der Waals surface area contributed by atoms with Crippen LogP contribution in [0.25, 0.3) is 22.3 Å². The molecule has 0 unspecified atom stereocenters. The Morgan fingerprint density at radius 1 is 0.912 bits per heavy atom. The molecule has 3 aliphatic rings. The van der Waals surface area contributed by atoms with Gasteiger partial charge in [-0.1, -0.05) is 45.9 Å². The van der Waals surface area contributed by atoms with Gasteiger partial charge in [-0.3, -0.25) is 28.8 Å². The lowest BCUT2D eigenvalue weighted by atomic mass is 9.85. The number of fused-ring (bicyclic) bond motifs is 5. The van der Waals surface area contributed by atoms with Crippen molar-refractivity contribution in [2.45, 2.75) is 155 Å². The van der Waals surface area contributed by atoms with Crippen LogP contribution in [0.15, 0.2) is 35.1 Å².